The zero-order valence-electron chi connectivity index (χ0n) is 23.2. The lowest BCUT2D eigenvalue weighted by Gasteiger charge is -2.04. The number of unbranched alkanes of at least 4 members (excludes halogenated alkanes) is 1. The van der Waals surface area contributed by atoms with E-state index in [0.29, 0.717) is 30.5 Å². The van der Waals surface area contributed by atoms with E-state index in [1.54, 1.807) is 42.5 Å². The number of aldehydes is 1. The summed E-state index contributed by atoms with van der Waals surface area (Å²) in [5.74, 6) is -1.00. The molecular formula is C31H43N3O6. The van der Waals surface area contributed by atoms with Crippen LogP contribution in [0.1, 0.15) is 58.9 Å². The monoisotopic (exact) mass is 553 g/mol. The highest BCUT2D eigenvalue weighted by Gasteiger charge is 2.08. The first-order valence-corrected chi connectivity index (χ1v) is 13.2. The summed E-state index contributed by atoms with van der Waals surface area (Å²) in [4.78, 5) is 30.6. The number of carboxylic acids is 2. The fourth-order valence-electron chi connectivity index (χ4n) is 2.83. The van der Waals surface area contributed by atoms with Gasteiger partial charge in [-0.2, -0.15) is 0 Å². The van der Waals surface area contributed by atoms with E-state index in [-0.39, 0.29) is 0 Å². The number of hydrogen-bond donors (Lipinski definition) is 5. The molecule has 0 radical (unpaired) electrons. The summed E-state index contributed by atoms with van der Waals surface area (Å²) in [6, 6.07) is 25.0. The fourth-order valence-corrected chi connectivity index (χ4v) is 2.83. The summed E-state index contributed by atoms with van der Waals surface area (Å²) >= 11 is 0. The fraction of sp³-hybridized carbons (Fsp3) is 0.323. The maximum atomic E-state index is 10.3. The van der Waals surface area contributed by atoms with Gasteiger partial charge >= 0.3 is 11.9 Å². The van der Waals surface area contributed by atoms with Crippen LogP contribution < -0.4 is 21.9 Å². The van der Waals surface area contributed by atoms with E-state index >= 15 is 0 Å². The molecule has 1 atom stereocenters. The average molecular weight is 554 g/mol. The lowest BCUT2D eigenvalue weighted by molar-refractivity contribution is -0.138. The average Bonchev–Trinajstić information content (AvgIpc) is 2.98. The number of carbonyl (C=O) groups is 3. The number of carboxylic acid groups (broad SMARTS) is 2. The van der Waals surface area contributed by atoms with Crippen LogP contribution >= 0.6 is 0 Å². The largest absolute Gasteiger partial charge is 0.494 e. The summed E-state index contributed by atoms with van der Waals surface area (Å²) in [6.45, 7) is 4.11. The van der Waals surface area contributed by atoms with Crippen molar-refractivity contribution >= 4 is 18.2 Å². The Morgan fingerprint density at radius 2 is 1.43 bits per heavy atom. The second-order valence-corrected chi connectivity index (χ2v) is 8.46. The van der Waals surface area contributed by atoms with Gasteiger partial charge in [-0.05, 0) is 80.7 Å². The summed E-state index contributed by atoms with van der Waals surface area (Å²) in [5.41, 5.74) is 18.0. The van der Waals surface area contributed by atoms with Crippen LogP contribution in [-0.2, 0) is 11.2 Å². The van der Waals surface area contributed by atoms with E-state index in [1.807, 2.05) is 30.3 Å². The normalized spacial score (nSPS) is 10.2. The molecule has 3 aromatic rings. The van der Waals surface area contributed by atoms with Crippen molar-refractivity contribution in [2.24, 2.45) is 17.2 Å². The molecule has 0 aliphatic rings. The molecule has 0 saturated carbocycles. The molecule has 0 unspecified atom stereocenters. The van der Waals surface area contributed by atoms with Gasteiger partial charge in [0.05, 0.1) is 12.2 Å². The van der Waals surface area contributed by atoms with E-state index in [1.165, 1.54) is 5.56 Å². The van der Waals surface area contributed by atoms with Gasteiger partial charge in [-0.1, -0.05) is 61.9 Å². The summed E-state index contributed by atoms with van der Waals surface area (Å²) in [5, 5.41) is 16.6. The van der Waals surface area contributed by atoms with Gasteiger partial charge in [0.2, 0.25) is 0 Å². The Labute approximate surface area is 237 Å². The third kappa shape index (κ3) is 19.1. The first kappa shape index (κ1) is 35.9. The van der Waals surface area contributed by atoms with Gasteiger partial charge in [-0.15, -0.1) is 0 Å². The lowest BCUT2D eigenvalue weighted by Crippen LogP contribution is -2.30. The summed E-state index contributed by atoms with van der Waals surface area (Å²) < 4.78 is 5.43. The highest BCUT2D eigenvalue weighted by molar-refractivity contribution is 5.87. The Morgan fingerprint density at radius 1 is 0.850 bits per heavy atom. The smallest absolute Gasteiger partial charge is 0.335 e. The van der Waals surface area contributed by atoms with Crippen molar-refractivity contribution in [3.8, 4) is 5.75 Å². The minimum Gasteiger partial charge on any atom is -0.494 e. The Morgan fingerprint density at radius 3 is 1.85 bits per heavy atom. The Bertz CT molecular complexity index is 1050. The highest BCUT2D eigenvalue weighted by atomic mass is 16.5. The van der Waals surface area contributed by atoms with Crippen molar-refractivity contribution in [1.29, 1.82) is 0 Å². The quantitative estimate of drug-likeness (QED) is 0.161. The number of benzene rings is 3. The number of nitrogens with two attached hydrogens (primary N) is 3. The zero-order chi connectivity index (χ0) is 30.0. The molecule has 0 spiro atoms. The van der Waals surface area contributed by atoms with Crippen LogP contribution in [0.3, 0.4) is 0 Å². The molecule has 0 aliphatic carbocycles. The maximum absolute atomic E-state index is 10.3. The predicted octanol–water partition coefficient (Wildman–Crippen LogP) is 4.39. The number of hydrogen-bond acceptors (Lipinski definition) is 7. The number of ether oxygens (including phenoxy) is 1. The van der Waals surface area contributed by atoms with E-state index < -0.39 is 18.0 Å². The minimum absolute atomic E-state index is 0.331. The molecule has 0 saturated heterocycles. The van der Waals surface area contributed by atoms with Crippen molar-refractivity contribution in [2.45, 2.75) is 45.1 Å². The third-order valence-electron chi connectivity index (χ3n) is 5.12. The van der Waals surface area contributed by atoms with Crippen molar-refractivity contribution in [1.82, 2.24) is 0 Å². The Kier molecular flexibility index (Phi) is 21.6. The van der Waals surface area contributed by atoms with Crippen LogP contribution in [0.2, 0.25) is 0 Å². The topological polar surface area (TPSA) is 179 Å². The number of rotatable bonds is 12. The molecule has 0 fully saturated rings. The van der Waals surface area contributed by atoms with Crippen LogP contribution in [0, 0.1) is 0 Å². The van der Waals surface area contributed by atoms with Gasteiger partial charge < -0.3 is 32.2 Å². The molecule has 40 heavy (non-hydrogen) atoms. The van der Waals surface area contributed by atoms with Crippen LogP contribution in [0.15, 0.2) is 84.9 Å². The molecule has 0 aliphatic heterocycles. The van der Waals surface area contributed by atoms with Crippen LogP contribution in [-0.4, -0.2) is 54.2 Å². The molecule has 8 N–H and O–H groups in total. The van der Waals surface area contributed by atoms with Crippen molar-refractivity contribution in [3.63, 3.8) is 0 Å². The number of carbonyl (C=O) groups excluding carboxylic acids is 1. The number of aromatic carboxylic acids is 1. The molecule has 9 nitrogen and oxygen atoms in total. The third-order valence-corrected chi connectivity index (χ3v) is 5.12. The molecule has 0 amide bonds. The van der Waals surface area contributed by atoms with Crippen LogP contribution in [0.4, 0.5) is 0 Å². The predicted molar refractivity (Wildman–Crippen MR) is 159 cm³/mol. The molecular weight excluding hydrogens is 510 g/mol. The van der Waals surface area contributed by atoms with Gasteiger partial charge in [0.15, 0.2) is 0 Å². The molecule has 0 bridgehead atoms. The van der Waals surface area contributed by atoms with Gasteiger partial charge in [0.25, 0.3) is 0 Å². The van der Waals surface area contributed by atoms with E-state index in [4.69, 9.17) is 32.2 Å². The molecule has 3 aromatic carbocycles. The number of aliphatic carboxylic acids is 1. The standard InChI is InChI=1S/C11H14O2.C8H11N.C7H6O2.C5H12N2O2/c1-2-3-8-13-11-6-4-10(9-12)5-7-11;9-7-6-8-4-2-1-3-5-8;8-7(9)6-4-2-1-3-5-6;6-3-1-2-4(7)5(8)9/h4-7,9H,2-3,8H2,1H3;1-5H,6-7,9H2;1-5H,(H,8,9);4H,1-3,6-7H2,(H,8,9)/t;;;4-/m...0/s1. The van der Waals surface area contributed by atoms with Crippen molar-refractivity contribution in [3.05, 3.63) is 102 Å². The minimum atomic E-state index is -0.955. The summed E-state index contributed by atoms with van der Waals surface area (Å²) in [7, 11) is 0. The SMILES string of the molecule is CCCCOc1ccc(C=O)cc1.NCCC[C@H](N)C(=O)O.NCCc1ccccc1.O=C(O)c1ccccc1. The van der Waals surface area contributed by atoms with Crippen molar-refractivity contribution < 1.29 is 29.3 Å². The Hall–Kier alpha value is -4.05. The first-order chi connectivity index (χ1) is 19.3. The maximum Gasteiger partial charge on any atom is 0.335 e. The molecule has 218 valence electrons. The van der Waals surface area contributed by atoms with Gasteiger partial charge in [0.1, 0.15) is 18.1 Å². The van der Waals surface area contributed by atoms with Crippen molar-refractivity contribution in [2.75, 3.05) is 19.7 Å². The molecule has 0 aromatic heterocycles. The highest BCUT2D eigenvalue weighted by Crippen LogP contribution is 2.11. The van der Waals surface area contributed by atoms with Gasteiger partial charge in [-0.3, -0.25) is 9.59 Å². The molecule has 9 heteroatoms. The summed E-state index contributed by atoms with van der Waals surface area (Å²) in [6.07, 6.45) is 5.15. The first-order valence-electron chi connectivity index (χ1n) is 13.2. The van der Waals surface area contributed by atoms with Gasteiger partial charge in [-0.25, -0.2) is 4.79 Å². The molecule has 3 rings (SSSR count). The zero-order valence-corrected chi connectivity index (χ0v) is 23.2. The van der Waals surface area contributed by atoms with Crippen LogP contribution in [0.25, 0.3) is 0 Å². The van der Waals surface area contributed by atoms with E-state index in [9.17, 15) is 14.4 Å². The van der Waals surface area contributed by atoms with Crippen LogP contribution in [0.5, 0.6) is 5.75 Å². The van der Waals surface area contributed by atoms with E-state index in [2.05, 4.69) is 19.1 Å². The second-order valence-electron chi connectivity index (χ2n) is 8.46. The lowest BCUT2D eigenvalue weighted by atomic mass is 10.2. The van der Waals surface area contributed by atoms with E-state index in [0.717, 1.165) is 44.4 Å². The van der Waals surface area contributed by atoms with Gasteiger partial charge in [0, 0.05) is 5.56 Å². The Balaban J connectivity index is 0.000000515. The second kappa shape index (κ2) is 24.0. The molecule has 0 heterocycles.